The summed E-state index contributed by atoms with van der Waals surface area (Å²) in [6.07, 6.45) is 3.07. The van der Waals surface area contributed by atoms with Gasteiger partial charge in [-0.15, -0.1) is 16.4 Å². The summed E-state index contributed by atoms with van der Waals surface area (Å²) in [5, 5.41) is 11.7. The Morgan fingerprint density at radius 1 is 1.27 bits per heavy atom. The fraction of sp³-hybridized carbons (Fsp3) is 0.550. The molecular formula is C20H25N5O3S2. The van der Waals surface area contributed by atoms with E-state index in [-0.39, 0.29) is 35.1 Å². The van der Waals surface area contributed by atoms with Crippen molar-refractivity contribution in [1.29, 1.82) is 0 Å². The lowest BCUT2D eigenvalue weighted by atomic mass is 10.2. The molecule has 1 N–H and O–H groups in total. The van der Waals surface area contributed by atoms with Crippen LogP contribution in [0.15, 0.2) is 14.4 Å². The molecule has 1 amide bonds. The zero-order valence-electron chi connectivity index (χ0n) is 17.5. The number of carbonyl (C=O) groups excluding carboxylic acids is 1. The molecule has 0 radical (unpaired) electrons. The number of fused-ring (bicyclic) bond motifs is 3. The first-order valence-electron chi connectivity index (χ1n) is 10.1. The highest BCUT2D eigenvalue weighted by Gasteiger charge is 2.24. The molecule has 3 aromatic heterocycles. The first-order chi connectivity index (χ1) is 14.3. The predicted octanol–water partition coefficient (Wildman–Crippen LogP) is 3.84. The van der Waals surface area contributed by atoms with Crippen molar-refractivity contribution >= 4 is 45.2 Å². The van der Waals surface area contributed by atoms with Crippen LogP contribution in [0, 0.1) is 5.92 Å². The van der Waals surface area contributed by atoms with Gasteiger partial charge in [0.25, 0.3) is 5.56 Å². The van der Waals surface area contributed by atoms with Crippen LogP contribution in [-0.2, 0) is 24.2 Å². The maximum atomic E-state index is 13.3. The molecule has 0 atom stereocenters. The number of nitrogens with zero attached hydrogens (tertiary/aromatic N) is 4. The lowest BCUT2D eigenvalue weighted by molar-refractivity contribution is -0.113. The molecule has 0 saturated heterocycles. The normalized spacial score (nSPS) is 13.5. The number of aryl methyl sites for hydroxylation is 2. The number of carbonyl (C=O) groups is 1. The van der Waals surface area contributed by atoms with Gasteiger partial charge in [-0.05, 0) is 30.7 Å². The smallest absolute Gasteiger partial charge is 0.322 e. The van der Waals surface area contributed by atoms with E-state index in [0.29, 0.717) is 17.6 Å². The number of amides is 1. The molecule has 0 fully saturated rings. The number of anilines is 1. The zero-order chi connectivity index (χ0) is 21.4. The zero-order valence-corrected chi connectivity index (χ0v) is 19.2. The van der Waals surface area contributed by atoms with Gasteiger partial charge in [0.05, 0.1) is 11.1 Å². The number of rotatable bonds is 7. The molecule has 10 heteroatoms. The largest absolute Gasteiger partial charge is 0.408 e. The van der Waals surface area contributed by atoms with Crippen molar-refractivity contribution in [1.82, 2.24) is 19.7 Å². The Morgan fingerprint density at radius 3 is 2.77 bits per heavy atom. The van der Waals surface area contributed by atoms with Gasteiger partial charge in [-0.1, -0.05) is 44.6 Å². The third kappa shape index (κ3) is 4.15. The summed E-state index contributed by atoms with van der Waals surface area (Å²) in [4.78, 5) is 32.5. The van der Waals surface area contributed by atoms with Gasteiger partial charge in [0, 0.05) is 17.3 Å². The Morgan fingerprint density at radius 2 is 2.07 bits per heavy atom. The van der Waals surface area contributed by atoms with E-state index < -0.39 is 0 Å². The summed E-state index contributed by atoms with van der Waals surface area (Å²) in [7, 11) is 0. The quantitative estimate of drug-likeness (QED) is 0.433. The highest BCUT2D eigenvalue weighted by atomic mass is 32.2. The van der Waals surface area contributed by atoms with Gasteiger partial charge in [0.15, 0.2) is 5.16 Å². The van der Waals surface area contributed by atoms with Crippen LogP contribution < -0.4 is 10.9 Å². The Balaban J connectivity index is 1.56. The topological polar surface area (TPSA) is 103 Å². The van der Waals surface area contributed by atoms with Crippen LogP contribution in [0.2, 0.25) is 0 Å². The van der Waals surface area contributed by atoms with E-state index in [2.05, 4.69) is 29.4 Å². The molecule has 4 rings (SSSR count). The highest BCUT2D eigenvalue weighted by molar-refractivity contribution is 7.99. The minimum absolute atomic E-state index is 0.00878. The molecule has 30 heavy (non-hydrogen) atoms. The van der Waals surface area contributed by atoms with Crippen molar-refractivity contribution < 1.29 is 9.21 Å². The fourth-order valence-electron chi connectivity index (χ4n) is 3.50. The number of thiophene rings is 1. The molecule has 8 nitrogen and oxygen atoms in total. The van der Waals surface area contributed by atoms with Gasteiger partial charge in [0.1, 0.15) is 4.83 Å². The van der Waals surface area contributed by atoms with Gasteiger partial charge in [-0.2, -0.15) is 0 Å². The van der Waals surface area contributed by atoms with Crippen LogP contribution in [0.25, 0.3) is 10.2 Å². The first kappa shape index (κ1) is 21.0. The van der Waals surface area contributed by atoms with Crippen molar-refractivity contribution in [2.45, 2.75) is 64.6 Å². The number of hydrogen-bond acceptors (Lipinski definition) is 8. The Labute approximate surface area is 182 Å². The molecule has 0 saturated carbocycles. The van der Waals surface area contributed by atoms with Crippen LogP contribution >= 0.6 is 23.1 Å². The number of nitrogens with one attached hydrogen (secondary N) is 1. The van der Waals surface area contributed by atoms with E-state index in [1.54, 1.807) is 15.9 Å². The molecule has 0 unspecified atom stereocenters. The summed E-state index contributed by atoms with van der Waals surface area (Å²) >= 11 is 2.87. The van der Waals surface area contributed by atoms with E-state index in [1.807, 2.05) is 13.8 Å². The Bertz CT molecular complexity index is 1150. The Kier molecular flexibility index (Phi) is 5.97. The first-order valence-corrected chi connectivity index (χ1v) is 11.9. The van der Waals surface area contributed by atoms with Gasteiger partial charge in [-0.25, -0.2) is 4.98 Å². The molecule has 0 aromatic carbocycles. The molecule has 160 valence electrons. The van der Waals surface area contributed by atoms with Crippen molar-refractivity contribution in [3.8, 4) is 0 Å². The maximum absolute atomic E-state index is 13.3. The van der Waals surface area contributed by atoms with Crippen molar-refractivity contribution in [3.63, 3.8) is 0 Å². The van der Waals surface area contributed by atoms with Crippen LogP contribution in [-0.4, -0.2) is 31.4 Å². The minimum Gasteiger partial charge on any atom is -0.408 e. The van der Waals surface area contributed by atoms with E-state index in [4.69, 9.17) is 9.40 Å². The number of hydrogen-bond donors (Lipinski definition) is 1. The summed E-state index contributed by atoms with van der Waals surface area (Å²) in [5.74, 6) is 0.668. The molecule has 3 aromatic rings. The molecule has 1 aliphatic rings. The van der Waals surface area contributed by atoms with Crippen LogP contribution in [0.1, 0.15) is 56.4 Å². The van der Waals surface area contributed by atoms with Crippen molar-refractivity contribution in [2.24, 2.45) is 5.92 Å². The van der Waals surface area contributed by atoms with Gasteiger partial charge < -0.3 is 4.42 Å². The monoisotopic (exact) mass is 447 g/mol. The second-order valence-electron chi connectivity index (χ2n) is 8.18. The molecule has 0 aliphatic heterocycles. The SMILES string of the molecule is CC(C)Cn1c(SCC(=O)Nc2nnc(C(C)C)o2)nc2sc3c(c2c1=O)CCC3. The average Bonchev–Trinajstić information content (AvgIpc) is 3.38. The van der Waals surface area contributed by atoms with E-state index >= 15 is 0 Å². The van der Waals surface area contributed by atoms with Gasteiger partial charge in [-0.3, -0.25) is 19.5 Å². The molecule has 3 heterocycles. The van der Waals surface area contributed by atoms with E-state index in [1.165, 1.54) is 22.2 Å². The van der Waals surface area contributed by atoms with Crippen molar-refractivity contribution in [3.05, 3.63) is 26.7 Å². The Hall–Kier alpha value is -2.20. The lowest BCUT2D eigenvalue weighted by Crippen LogP contribution is -2.26. The summed E-state index contributed by atoms with van der Waals surface area (Å²) in [5.41, 5.74) is 1.19. The van der Waals surface area contributed by atoms with E-state index in [0.717, 1.165) is 29.5 Å². The second-order valence-corrected chi connectivity index (χ2v) is 10.2. The van der Waals surface area contributed by atoms with Crippen molar-refractivity contribution in [2.75, 3.05) is 11.1 Å². The third-order valence-corrected chi connectivity index (χ3v) is 7.01. The number of aromatic nitrogens is 4. The maximum Gasteiger partial charge on any atom is 0.322 e. The molecular weight excluding hydrogens is 422 g/mol. The summed E-state index contributed by atoms with van der Waals surface area (Å²) in [6, 6.07) is 0.0852. The molecule has 0 bridgehead atoms. The van der Waals surface area contributed by atoms with Gasteiger partial charge >= 0.3 is 6.01 Å². The lowest BCUT2D eigenvalue weighted by Gasteiger charge is -2.14. The predicted molar refractivity (Wildman–Crippen MR) is 118 cm³/mol. The van der Waals surface area contributed by atoms with E-state index in [9.17, 15) is 9.59 Å². The second kappa shape index (κ2) is 8.50. The molecule has 0 spiro atoms. The minimum atomic E-state index is -0.280. The van der Waals surface area contributed by atoms with Crippen LogP contribution in [0.5, 0.6) is 0 Å². The number of thioether (sulfide) groups is 1. The fourth-order valence-corrected chi connectivity index (χ4v) is 5.61. The average molecular weight is 448 g/mol. The van der Waals surface area contributed by atoms with Crippen LogP contribution in [0.4, 0.5) is 6.01 Å². The summed E-state index contributed by atoms with van der Waals surface area (Å²) < 4.78 is 7.15. The van der Waals surface area contributed by atoms with Crippen LogP contribution in [0.3, 0.4) is 0 Å². The third-order valence-electron chi connectivity index (χ3n) is 4.85. The summed E-state index contributed by atoms with van der Waals surface area (Å²) in [6.45, 7) is 8.57. The standard InChI is InChI=1S/C20H25N5O3S2/c1-10(2)8-25-18(27)15-12-6-5-7-13(12)30-17(15)22-20(25)29-9-14(26)21-19-24-23-16(28-19)11(3)4/h10-11H,5-9H2,1-4H3,(H,21,24,26). The highest BCUT2D eigenvalue weighted by Crippen LogP contribution is 2.35. The molecule has 1 aliphatic carbocycles. The van der Waals surface area contributed by atoms with Gasteiger partial charge in [0.2, 0.25) is 11.8 Å².